The first-order valence-corrected chi connectivity index (χ1v) is 9.89. The van der Waals surface area contributed by atoms with Crippen molar-refractivity contribution in [3.05, 3.63) is 48.0 Å². The first-order valence-electron chi connectivity index (χ1n) is 9.89. The van der Waals surface area contributed by atoms with Gasteiger partial charge in [0.1, 0.15) is 11.5 Å². The molecule has 31 heavy (non-hydrogen) atoms. The number of nitrogens with zero attached hydrogens (tertiary/aromatic N) is 1. The smallest absolute Gasteiger partial charge is 0.238 e. The average molecular weight is 433 g/mol. The molecule has 0 aromatic heterocycles. The minimum atomic E-state index is -1.01. The highest BCUT2D eigenvalue weighted by atomic mass is 19.2. The van der Waals surface area contributed by atoms with Crippen molar-refractivity contribution in [3.63, 3.8) is 0 Å². The van der Waals surface area contributed by atoms with E-state index in [0.29, 0.717) is 43.1 Å². The van der Waals surface area contributed by atoms with E-state index < -0.39 is 11.6 Å². The van der Waals surface area contributed by atoms with Crippen LogP contribution >= 0.6 is 0 Å². The summed E-state index contributed by atoms with van der Waals surface area (Å²) >= 11 is 0. The quantitative estimate of drug-likeness (QED) is 0.701. The Hall–Kier alpha value is -3.20. The van der Waals surface area contributed by atoms with Crippen LogP contribution < -0.4 is 20.1 Å². The molecule has 1 fully saturated rings. The number of piperidine rings is 1. The Kier molecular flexibility index (Phi) is 7.41. The molecule has 2 N–H and O–H groups in total. The normalized spacial score (nSPS) is 14.7. The SMILES string of the molecule is COc1ccc(NC(=O)CN2CCC(C(=O)Nc3ccc(F)c(F)c3)CC2)c(OC)c1. The lowest BCUT2D eigenvalue weighted by Crippen LogP contribution is -2.41. The molecule has 2 aromatic rings. The number of carbonyl (C=O) groups is 2. The molecule has 0 unspecified atom stereocenters. The molecule has 0 spiro atoms. The number of anilines is 2. The number of likely N-dealkylation sites (tertiary alicyclic amines) is 1. The zero-order valence-corrected chi connectivity index (χ0v) is 17.4. The third-order valence-electron chi connectivity index (χ3n) is 5.20. The molecule has 1 heterocycles. The monoisotopic (exact) mass is 433 g/mol. The van der Waals surface area contributed by atoms with Crippen LogP contribution in [-0.4, -0.2) is 50.6 Å². The summed E-state index contributed by atoms with van der Waals surface area (Å²) in [5.74, 6) is -1.52. The molecule has 7 nitrogen and oxygen atoms in total. The number of amides is 2. The van der Waals surface area contributed by atoms with Gasteiger partial charge in [-0.1, -0.05) is 0 Å². The van der Waals surface area contributed by atoms with Gasteiger partial charge in [-0.05, 0) is 50.2 Å². The van der Waals surface area contributed by atoms with Crippen LogP contribution in [0.1, 0.15) is 12.8 Å². The fourth-order valence-corrected chi connectivity index (χ4v) is 3.47. The van der Waals surface area contributed by atoms with Gasteiger partial charge in [0, 0.05) is 23.7 Å². The maximum Gasteiger partial charge on any atom is 0.238 e. The lowest BCUT2D eigenvalue weighted by molar-refractivity contribution is -0.121. The Morgan fingerprint density at radius 2 is 1.74 bits per heavy atom. The molecule has 9 heteroatoms. The Morgan fingerprint density at radius 3 is 2.39 bits per heavy atom. The average Bonchev–Trinajstić information content (AvgIpc) is 2.77. The van der Waals surface area contributed by atoms with Crippen molar-refractivity contribution in [2.45, 2.75) is 12.8 Å². The van der Waals surface area contributed by atoms with Gasteiger partial charge >= 0.3 is 0 Å². The molecule has 0 bridgehead atoms. The topological polar surface area (TPSA) is 79.9 Å². The summed E-state index contributed by atoms with van der Waals surface area (Å²) in [6.07, 6.45) is 1.13. The van der Waals surface area contributed by atoms with Gasteiger partial charge in [0.15, 0.2) is 11.6 Å². The van der Waals surface area contributed by atoms with Crippen molar-refractivity contribution in [1.82, 2.24) is 4.90 Å². The summed E-state index contributed by atoms with van der Waals surface area (Å²) in [4.78, 5) is 26.8. The summed E-state index contributed by atoms with van der Waals surface area (Å²) in [5, 5.41) is 5.45. The van der Waals surface area contributed by atoms with Crippen LogP contribution in [0.2, 0.25) is 0 Å². The van der Waals surface area contributed by atoms with Gasteiger partial charge in [-0.3, -0.25) is 14.5 Å². The number of halogens is 2. The van der Waals surface area contributed by atoms with E-state index in [0.717, 1.165) is 12.1 Å². The van der Waals surface area contributed by atoms with E-state index in [-0.39, 0.29) is 30.0 Å². The Bertz CT molecular complexity index is 946. The first kappa shape index (κ1) is 22.5. The van der Waals surface area contributed by atoms with Crippen LogP contribution in [-0.2, 0) is 9.59 Å². The summed E-state index contributed by atoms with van der Waals surface area (Å²) in [6, 6.07) is 8.39. The number of benzene rings is 2. The van der Waals surface area contributed by atoms with Gasteiger partial charge in [-0.15, -0.1) is 0 Å². The van der Waals surface area contributed by atoms with E-state index in [1.807, 2.05) is 4.90 Å². The second kappa shape index (κ2) is 10.2. The van der Waals surface area contributed by atoms with Crippen molar-refractivity contribution < 1.29 is 27.8 Å². The first-order chi connectivity index (χ1) is 14.9. The molecule has 1 aliphatic rings. The molecule has 0 atom stereocenters. The van der Waals surface area contributed by atoms with Crippen molar-refractivity contribution in [1.29, 1.82) is 0 Å². The minimum absolute atomic E-state index is 0.187. The fourth-order valence-electron chi connectivity index (χ4n) is 3.47. The maximum absolute atomic E-state index is 13.3. The largest absolute Gasteiger partial charge is 0.497 e. The summed E-state index contributed by atoms with van der Waals surface area (Å²) < 4.78 is 36.7. The predicted molar refractivity (Wildman–Crippen MR) is 112 cm³/mol. The molecule has 0 saturated carbocycles. The molecule has 2 amide bonds. The van der Waals surface area contributed by atoms with Gasteiger partial charge in [0.05, 0.1) is 26.5 Å². The molecule has 2 aromatic carbocycles. The van der Waals surface area contributed by atoms with Gasteiger partial charge in [-0.2, -0.15) is 0 Å². The fraction of sp³-hybridized carbons (Fsp3) is 0.364. The van der Waals surface area contributed by atoms with Gasteiger partial charge in [-0.25, -0.2) is 8.78 Å². The summed E-state index contributed by atoms with van der Waals surface area (Å²) in [7, 11) is 3.06. The van der Waals surface area contributed by atoms with Crippen molar-refractivity contribution in [2.75, 3.05) is 44.5 Å². The highest BCUT2D eigenvalue weighted by Crippen LogP contribution is 2.29. The van der Waals surface area contributed by atoms with Crippen molar-refractivity contribution in [3.8, 4) is 11.5 Å². The highest BCUT2D eigenvalue weighted by Gasteiger charge is 2.26. The molecule has 1 aliphatic heterocycles. The van der Waals surface area contributed by atoms with E-state index in [2.05, 4.69) is 10.6 Å². The summed E-state index contributed by atoms with van der Waals surface area (Å²) in [5.41, 5.74) is 0.772. The maximum atomic E-state index is 13.3. The second-order valence-electron chi connectivity index (χ2n) is 7.28. The predicted octanol–water partition coefficient (Wildman–Crippen LogP) is 3.27. The van der Waals surface area contributed by atoms with Crippen LogP contribution in [0.25, 0.3) is 0 Å². The molecular formula is C22H25F2N3O4. The number of methoxy groups -OCH3 is 2. The second-order valence-corrected chi connectivity index (χ2v) is 7.28. The van der Waals surface area contributed by atoms with Crippen LogP contribution in [0, 0.1) is 17.6 Å². The number of ether oxygens (including phenoxy) is 2. The zero-order chi connectivity index (χ0) is 22.4. The lowest BCUT2D eigenvalue weighted by atomic mass is 9.96. The molecule has 0 aliphatic carbocycles. The van der Waals surface area contributed by atoms with Gasteiger partial charge in [0.25, 0.3) is 0 Å². The molecule has 1 saturated heterocycles. The molecule has 166 valence electrons. The van der Waals surface area contributed by atoms with E-state index in [4.69, 9.17) is 9.47 Å². The molecule has 0 radical (unpaired) electrons. The van der Waals surface area contributed by atoms with E-state index >= 15 is 0 Å². The van der Waals surface area contributed by atoms with Crippen LogP contribution in [0.3, 0.4) is 0 Å². The molecule has 3 rings (SSSR count). The minimum Gasteiger partial charge on any atom is -0.497 e. The van der Waals surface area contributed by atoms with E-state index in [1.165, 1.54) is 13.2 Å². The number of carbonyl (C=O) groups excluding carboxylic acids is 2. The Labute approximate surface area is 179 Å². The summed E-state index contributed by atoms with van der Waals surface area (Å²) in [6.45, 7) is 1.33. The van der Waals surface area contributed by atoms with Crippen LogP contribution in [0.5, 0.6) is 11.5 Å². The Morgan fingerprint density at radius 1 is 1.00 bits per heavy atom. The van der Waals surface area contributed by atoms with E-state index in [1.54, 1.807) is 25.3 Å². The van der Waals surface area contributed by atoms with Crippen molar-refractivity contribution in [2.24, 2.45) is 5.92 Å². The Balaban J connectivity index is 1.48. The standard InChI is InChI=1S/C22H25F2N3O4/c1-30-16-4-6-19(20(12-16)31-2)26-21(28)13-27-9-7-14(8-10-27)22(29)25-15-3-5-17(23)18(24)11-15/h3-6,11-12,14H,7-10,13H2,1-2H3,(H,25,29)(H,26,28). The lowest BCUT2D eigenvalue weighted by Gasteiger charge is -2.30. The van der Waals surface area contributed by atoms with Gasteiger partial charge in [0.2, 0.25) is 11.8 Å². The number of hydrogen-bond donors (Lipinski definition) is 2. The number of hydrogen-bond acceptors (Lipinski definition) is 5. The van der Waals surface area contributed by atoms with E-state index in [9.17, 15) is 18.4 Å². The highest BCUT2D eigenvalue weighted by molar-refractivity contribution is 5.94. The third kappa shape index (κ3) is 5.91. The third-order valence-corrected chi connectivity index (χ3v) is 5.20. The molecular weight excluding hydrogens is 408 g/mol. The van der Waals surface area contributed by atoms with Crippen LogP contribution in [0.4, 0.5) is 20.2 Å². The van der Waals surface area contributed by atoms with Crippen LogP contribution in [0.15, 0.2) is 36.4 Å². The number of rotatable bonds is 7. The van der Waals surface area contributed by atoms with Gasteiger partial charge < -0.3 is 20.1 Å². The zero-order valence-electron chi connectivity index (χ0n) is 17.4. The number of nitrogens with one attached hydrogen (secondary N) is 2. The van der Waals surface area contributed by atoms with Crippen molar-refractivity contribution >= 4 is 23.2 Å².